The van der Waals surface area contributed by atoms with Gasteiger partial charge in [-0.3, -0.25) is 14.4 Å². The molecule has 6 rings (SSSR count). The predicted octanol–water partition coefficient (Wildman–Crippen LogP) is 4.66. The molecule has 1 unspecified atom stereocenters. The van der Waals surface area contributed by atoms with Gasteiger partial charge in [-0.15, -0.1) is 11.8 Å². The molecule has 2 aromatic rings. The molecule has 42 heavy (non-hydrogen) atoms. The van der Waals surface area contributed by atoms with Crippen LogP contribution in [0.5, 0.6) is 0 Å². The number of benzene rings is 2. The maximum atomic E-state index is 14.7. The number of aryl methyl sites for hydroxylation is 2. The second kappa shape index (κ2) is 11.0. The SMILES string of the molecule is Cc1ccc(C)c(N2CC=C[C@]34S[C@@]5(C)C=CCN(c6ccccc6)C(=O)[C@H]5[C@H]3C(=O)N(CCCCCO)C4C2=O)c1. The Morgan fingerprint density at radius 2 is 1.60 bits per heavy atom. The van der Waals surface area contributed by atoms with Crippen molar-refractivity contribution >= 4 is 40.9 Å². The molecule has 0 bridgehead atoms. The predicted molar refractivity (Wildman–Crippen MR) is 167 cm³/mol. The van der Waals surface area contributed by atoms with Crippen molar-refractivity contribution in [1.82, 2.24) is 4.90 Å². The number of thioether (sulfide) groups is 1. The van der Waals surface area contributed by atoms with Gasteiger partial charge in [0.2, 0.25) is 11.8 Å². The molecular weight excluding hydrogens is 546 g/mol. The number of aliphatic hydroxyl groups excluding tert-OH is 1. The largest absolute Gasteiger partial charge is 0.396 e. The van der Waals surface area contributed by atoms with Gasteiger partial charge in [0, 0.05) is 42.4 Å². The highest BCUT2D eigenvalue weighted by atomic mass is 32.2. The maximum Gasteiger partial charge on any atom is 0.251 e. The summed E-state index contributed by atoms with van der Waals surface area (Å²) in [6.45, 7) is 7.43. The summed E-state index contributed by atoms with van der Waals surface area (Å²) in [5, 5.41) is 9.35. The molecule has 0 saturated carbocycles. The van der Waals surface area contributed by atoms with Gasteiger partial charge in [0.05, 0.1) is 16.6 Å². The summed E-state index contributed by atoms with van der Waals surface area (Å²) in [5.74, 6) is -1.59. The van der Waals surface area contributed by atoms with E-state index >= 15 is 0 Å². The van der Waals surface area contributed by atoms with Crippen LogP contribution in [0, 0.1) is 25.7 Å². The summed E-state index contributed by atoms with van der Waals surface area (Å²) in [5.41, 5.74) is 3.72. The molecule has 4 heterocycles. The zero-order chi connectivity index (χ0) is 29.6. The van der Waals surface area contributed by atoms with Crippen molar-refractivity contribution in [2.45, 2.75) is 55.6 Å². The second-order valence-electron chi connectivity index (χ2n) is 12.1. The average molecular weight is 586 g/mol. The van der Waals surface area contributed by atoms with Gasteiger partial charge in [-0.2, -0.15) is 0 Å². The molecule has 8 heteroatoms. The molecule has 0 aliphatic carbocycles. The van der Waals surface area contributed by atoms with Crippen molar-refractivity contribution in [1.29, 1.82) is 0 Å². The summed E-state index contributed by atoms with van der Waals surface area (Å²) in [7, 11) is 0. The van der Waals surface area contributed by atoms with E-state index in [9.17, 15) is 19.5 Å². The Morgan fingerprint density at radius 1 is 0.857 bits per heavy atom. The van der Waals surface area contributed by atoms with Gasteiger partial charge >= 0.3 is 0 Å². The van der Waals surface area contributed by atoms with Gasteiger partial charge in [0.1, 0.15) is 6.04 Å². The number of carbonyl (C=O) groups excluding carboxylic acids is 3. The van der Waals surface area contributed by atoms with Gasteiger partial charge in [-0.1, -0.05) is 54.6 Å². The molecule has 4 aliphatic rings. The molecule has 2 aromatic carbocycles. The lowest BCUT2D eigenvalue weighted by Gasteiger charge is -2.37. The number of rotatable bonds is 7. The fourth-order valence-corrected chi connectivity index (χ4v) is 9.56. The molecule has 1 spiro atoms. The maximum absolute atomic E-state index is 14.7. The number of hydrogen-bond donors (Lipinski definition) is 1. The third-order valence-electron chi connectivity index (χ3n) is 9.34. The fraction of sp³-hybridized carbons (Fsp3) is 0.441. The van der Waals surface area contributed by atoms with E-state index in [4.69, 9.17) is 0 Å². The van der Waals surface area contributed by atoms with E-state index in [-0.39, 0.29) is 24.3 Å². The Balaban J connectivity index is 1.45. The molecule has 5 atom stereocenters. The Morgan fingerprint density at radius 3 is 2.36 bits per heavy atom. The number of carbonyl (C=O) groups is 3. The minimum atomic E-state index is -0.878. The first-order chi connectivity index (χ1) is 20.2. The van der Waals surface area contributed by atoms with E-state index in [2.05, 4.69) is 19.1 Å². The number of anilines is 2. The number of aliphatic hydroxyl groups is 1. The van der Waals surface area contributed by atoms with Gasteiger partial charge in [-0.05, 0) is 69.4 Å². The zero-order valence-electron chi connectivity index (χ0n) is 24.5. The van der Waals surface area contributed by atoms with E-state index in [0.29, 0.717) is 32.5 Å². The molecule has 2 saturated heterocycles. The summed E-state index contributed by atoms with van der Waals surface area (Å²) >= 11 is 1.61. The van der Waals surface area contributed by atoms with Crippen molar-refractivity contribution in [3.63, 3.8) is 0 Å². The number of para-hydroxylation sites is 1. The molecule has 0 radical (unpaired) electrons. The van der Waals surface area contributed by atoms with Crippen LogP contribution in [0.4, 0.5) is 11.4 Å². The highest BCUT2D eigenvalue weighted by Crippen LogP contribution is 2.65. The number of amides is 3. The van der Waals surface area contributed by atoms with Crippen molar-refractivity contribution in [3.05, 3.63) is 84.0 Å². The summed E-state index contributed by atoms with van der Waals surface area (Å²) in [6, 6.07) is 15.0. The Labute approximate surface area is 252 Å². The highest BCUT2D eigenvalue weighted by molar-refractivity contribution is 8.02. The quantitative estimate of drug-likeness (QED) is 0.378. The van der Waals surface area contributed by atoms with Crippen LogP contribution >= 0.6 is 11.8 Å². The third-order valence-corrected chi connectivity index (χ3v) is 11.1. The van der Waals surface area contributed by atoms with Crippen molar-refractivity contribution < 1.29 is 19.5 Å². The number of nitrogens with zero attached hydrogens (tertiary/aromatic N) is 3. The number of fused-ring (bicyclic) bond motifs is 2. The summed E-state index contributed by atoms with van der Waals surface area (Å²) < 4.78 is -1.53. The third kappa shape index (κ3) is 4.51. The molecule has 2 fully saturated rings. The topological polar surface area (TPSA) is 81.2 Å². The molecule has 4 aliphatic heterocycles. The van der Waals surface area contributed by atoms with Crippen LogP contribution in [-0.2, 0) is 14.4 Å². The first kappa shape index (κ1) is 28.7. The highest BCUT2D eigenvalue weighted by Gasteiger charge is 2.74. The number of likely N-dealkylation sites (tertiary alicyclic amines) is 1. The average Bonchev–Trinajstić information content (AvgIpc) is 3.24. The molecule has 3 amide bonds. The monoisotopic (exact) mass is 585 g/mol. The minimum Gasteiger partial charge on any atom is -0.396 e. The minimum absolute atomic E-state index is 0.0752. The van der Waals surface area contributed by atoms with E-state index in [0.717, 1.165) is 28.9 Å². The smallest absolute Gasteiger partial charge is 0.251 e. The van der Waals surface area contributed by atoms with E-state index in [1.807, 2.05) is 79.4 Å². The number of unbranched alkanes of at least 4 members (excludes halogenated alkanes) is 2. The summed E-state index contributed by atoms with van der Waals surface area (Å²) in [4.78, 5) is 49.2. The lowest BCUT2D eigenvalue weighted by molar-refractivity contribution is -0.139. The van der Waals surface area contributed by atoms with Crippen LogP contribution in [0.1, 0.15) is 37.3 Å². The van der Waals surface area contributed by atoms with Gasteiger partial charge in [0.15, 0.2) is 0 Å². The molecule has 7 nitrogen and oxygen atoms in total. The lowest BCUT2D eigenvalue weighted by Crippen LogP contribution is -2.53. The van der Waals surface area contributed by atoms with Crippen molar-refractivity contribution in [3.8, 4) is 0 Å². The molecule has 1 N–H and O–H groups in total. The normalized spacial score (nSPS) is 30.3. The van der Waals surface area contributed by atoms with Crippen molar-refractivity contribution in [2.24, 2.45) is 11.8 Å². The van der Waals surface area contributed by atoms with Gasteiger partial charge < -0.3 is 19.8 Å². The molecule has 220 valence electrons. The van der Waals surface area contributed by atoms with Crippen LogP contribution in [-0.4, -0.2) is 69.5 Å². The van der Waals surface area contributed by atoms with Crippen LogP contribution in [0.2, 0.25) is 0 Å². The first-order valence-electron chi connectivity index (χ1n) is 14.9. The zero-order valence-corrected chi connectivity index (χ0v) is 25.3. The lowest BCUT2D eigenvalue weighted by atomic mass is 9.74. The Hall–Kier alpha value is -3.36. The van der Waals surface area contributed by atoms with E-state index < -0.39 is 27.4 Å². The van der Waals surface area contributed by atoms with Crippen molar-refractivity contribution in [2.75, 3.05) is 36.0 Å². The van der Waals surface area contributed by atoms with Crippen LogP contribution in [0.3, 0.4) is 0 Å². The fourth-order valence-electron chi connectivity index (χ4n) is 7.40. The van der Waals surface area contributed by atoms with Gasteiger partial charge in [0.25, 0.3) is 5.91 Å². The van der Waals surface area contributed by atoms with Gasteiger partial charge in [-0.25, -0.2) is 0 Å². The van der Waals surface area contributed by atoms with Crippen LogP contribution in [0.25, 0.3) is 0 Å². The first-order valence-corrected chi connectivity index (χ1v) is 15.8. The van der Waals surface area contributed by atoms with Crippen LogP contribution in [0.15, 0.2) is 72.8 Å². The molecule has 0 aromatic heterocycles. The van der Waals surface area contributed by atoms with E-state index in [1.165, 1.54) is 0 Å². The molecular formula is C34H39N3O4S. The van der Waals surface area contributed by atoms with Crippen LogP contribution < -0.4 is 9.80 Å². The standard InChI is InChI=1S/C34H39N3O4S/c1-23-14-15-24(2)26(22-23)36-20-11-17-34-28(31(40)37(29(34)32(36)41)18-8-5-9-21-38)27-30(39)35(25-12-6-4-7-13-25)19-10-16-33(27,3)42-34/h4,6-7,10-17,22,27-29,38H,5,8-9,18-21H2,1-3H3/t27-,28+,29?,33+,34+/m1/s1. The second-order valence-corrected chi connectivity index (χ2v) is 13.9. The number of hydrogen-bond acceptors (Lipinski definition) is 5. The Kier molecular flexibility index (Phi) is 7.56. The van der Waals surface area contributed by atoms with E-state index in [1.54, 1.807) is 21.6 Å². The Bertz CT molecular complexity index is 1460. The summed E-state index contributed by atoms with van der Waals surface area (Å²) in [6.07, 6.45) is 10.3.